The lowest BCUT2D eigenvalue weighted by Gasteiger charge is -2.26. The molecule has 0 radical (unpaired) electrons. The molecule has 1 unspecified atom stereocenters. The Morgan fingerprint density at radius 3 is 2.34 bits per heavy atom. The lowest BCUT2D eigenvalue weighted by atomic mass is 9.98. The van der Waals surface area contributed by atoms with E-state index in [1.807, 2.05) is 39.8 Å². The molecule has 7 nitrogen and oxygen atoms in total. The van der Waals surface area contributed by atoms with E-state index < -0.39 is 6.04 Å². The number of benzodiazepines with no additional fused rings is 1. The van der Waals surface area contributed by atoms with Crippen molar-refractivity contribution in [2.24, 2.45) is 10.9 Å². The molecular formula is C28H37N3O4. The quantitative estimate of drug-likeness (QED) is 0.584. The van der Waals surface area contributed by atoms with Crippen molar-refractivity contribution in [2.45, 2.75) is 40.2 Å². The summed E-state index contributed by atoms with van der Waals surface area (Å²) in [6.45, 7) is 13.6. The van der Waals surface area contributed by atoms with Gasteiger partial charge >= 0.3 is 0 Å². The van der Waals surface area contributed by atoms with Gasteiger partial charge in [-0.15, -0.1) is 0 Å². The third-order valence-corrected chi connectivity index (χ3v) is 6.41. The molecule has 1 amide bonds. The Morgan fingerprint density at radius 1 is 1.06 bits per heavy atom. The molecule has 0 aliphatic carbocycles. The van der Waals surface area contributed by atoms with Crippen LogP contribution in [0.2, 0.25) is 0 Å². The number of amides is 1. The number of aliphatic imine (C=N–C) groups is 1. The second kappa shape index (κ2) is 11.7. The second-order valence-electron chi connectivity index (χ2n) is 9.27. The second-order valence-corrected chi connectivity index (χ2v) is 9.27. The SMILES string of the molecule is CCOc1cc2c(cc1OCC)C(c1ccc(CCN3CCOCC3)cc1)=NC(C(C)C)C(=O)N2. The average molecular weight is 480 g/mol. The highest BCUT2D eigenvalue weighted by Gasteiger charge is 2.29. The summed E-state index contributed by atoms with van der Waals surface area (Å²) < 4.78 is 17.1. The molecule has 35 heavy (non-hydrogen) atoms. The normalized spacial score (nSPS) is 18.5. The minimum absolute atomic E-state index is 0.0600. The molecule has 188 valence electrons. The monoisotopic (exact) mass is 479 g/mol. The summed E-state index contributed by atoms with van der Waals surface area (Å²) in [6.07, 6.45) is 0.990. The van der Waals surface area contributed by atoms with Gasteiger partial charge in [0.05, 0.1) is 37.8 Å². The third-order valence-electron chi connectivity index (χ3n) is 6.41. The minimum atomic E-state index is -0.482. The minimum Gasteiger partial charge on any atom is -0.490 e. The van der Waals surface area contributed by atoms with Crippen LogP contribution in [0.3, 0.4) is 0 Å². The van der Waals surface area contributed by atoms with Gasteiger partial charge in [0.1, 0.15) is 6.04 Å². The zero-order valence-corrected chi connectivity index (χ0v) is 21.3. The molecule has 0 saturated carbocycles. The third kappa shape index (κ3) is 6.03. The number of carbonyl (C=O) groups is 1. The molecule has 2 aromatic rings. The maximum Gasteiger partial charge on any atom is 0.249 e. The molecule has 2 aromatic carbocycles. The molecule has 1 saturated heterocycles. The number of morpholine rings is 1. The molecule has 1 atom stereocenters. The largest absolute Gasteiger partial charge is 0.490 e. The van der Waals surface area contributed by atoms with Gasteiger partial charge in [0.15, 0.2) is 11.5 Å². The van der Waals surface area contributed by atoms with E-state index in [2.05, 4.69) is 34.5 Å². The van der Waals surface area contributed by atoms with Crippen molar-refractivity contribution in [1.82, 2.24) is 4.90 Å². The Hall–Kier alpha value is -2.90. The number of anilines is 1. The van der Waals surface area contributed by atoms with E-state index in [-0.39, 0.29) is 11.8 Å². The van der Waals surface area contributed by atoms with Crippen LogP contribution in [0, 0.1) is 5.92 Å². The van der Waals surface area contributed by atoms with Gasteiger partial charge in [0.2, 0.25) is 5.91 Å². The highest BCUT2D eigenvalue weighted by atomic mass is 16.5. The zero-order valence-electron chi connectivity index (χ0n) is 21.3. The standard InChI is InChI=1S/C28H37N3O4/c1-5-34-24-17-22-23(18-25(24)35-6-2)29-28(32)26(19(3)4)30-27(22)21-9-7-20(8-10-21)11-12-31-13-15-33-16-14-31/h7-10,17-19,26H,5-6,11-16H2,1-4H3,(H,29,32). The van der Waals surface area contributed by atoms with E-state index in [4.69, 9.17) is 19.2 Å². The van der Waals surface area contributed by atoms with E-state index in [9.17, 15) is 4.79 Å². The maximum absolute atomic E-state index is 13.1. The van der Waals surface area contributed by atoms with E-state index in [0.29, 0.717) is 30.4 Å². The van der Waals surface area contributed by atoms with Gasteiger partial charge < -0.3 is 19.5 Å². The van der Waals surface area contributed by atoms with Crippen molar-refractivity contribution < 1.29 is 19.0 Å². The van der Waals surface area contributed by atoms with Gasteiger partial charge in [-0.25, -0.2) is 0 Å². The van der Waals surface area contributed by atoms with Gasteiger partial charge in [-0.05, 0) is 37.8 Å². The first-order chi connectivity index (χ1) is 17.0. The van der Waals surface area contributed by atoms with Crippen LogP contribution >= 0.6 is 0 Å². The Labute approximate surface area is 208 Å². The lowest BCUT2D eigenvalue weighted by molar-refractivity contribution is -0.118. The zero-order chi connectivity index (χ0) is 24.8. The molecule has 2 heterocycles. The van der Waals surface area contributed by atoms with Crippen LogP contribution in [0.5, 0.6) is 11.5 Å². The van der Waals surface area contributed by atoms with Crippen molar-refractivity contribution in [3.63, 3.8) is 0 Å². The molecule has 2 aliphatic rings. The topological polar surface area (TPSA) is 72.4 Å². The number of nitrogens with one attached hydrogen (secondary N) is 1. The van der Waals surface area contributed by atoms with Crippen LogP contribution in [0.25, 0.3) is 0 Å². The first-order valence-electron chi connectivity index (χ1n) is 12.7. The summed E-state index contributed by atoms with van der Waals surface area (Å²) >= 11 is 0. The van der Waals surface area contributed by atoms with E-state index in [0.717, 1.165) is 56.1 Å². The lowest BCUT2D eigenvalue weighted by Crippen LogP contribution is -2.37. The summed E-state index contributed by atoms with van der Waals surface area (Å²) in [5.74, 6) is 1.23. The van der Waals surface area contributed by atoms with Crippen molar-refractivity contribution in [1.29, 1.82) is 0 Å². The van der Waals surface area contributed by atoms with E-state index in [1.54, 1.807) is 0 Å². The maximum atomic E-state index is 13.1. The van der Waals surface area contributed by atoms with Gasteiger partial charge in [-0.2, -0.15) is 0 Å². The fourth-order valence-electron chi connectivity index (χ4n) is 4.49. The summed E-state index contributed by atoms with van der Waals surface area (Å²) in [4.78, 5) is 20.5. The van der Waals surface area contributed by atoms with Crippen molar-refractivity contribution in [3.8, 4) is 11.5 Å². The number of ether oxygens (including phenoxy) is 3. The summed E-state index contributed by atoms with van der Waals surface area (Å²) in [5, 5.41) is 3.08. The van der Waals surface area contributed by atoms with Gasteiger partial charge in [0.25, 0.3) is 0 Å². The molecular weight excluding hydrogens is 442 g/mol. The van der Waals surface area contributed by atoms with Crippen LogP contribution in [-0.4, -0.2) is 68.6 Å². The fraction of sp³-hybridized carbons (Fsp3) is 0.500. The Kier molecular flexibility index (Phi) is 8.42. The Morgan fingerprint density at radius 2 is 1.71 bits per heavy atom. The molecule has 1 fully saturated rings. The average Bonchev–Trinajstić information content (AvgIpc) is 3.00. The molecule has 7 heteroatoms. The summed E-state index contributed by atoms with van der Waals surface area (Å²) in [6, 6.07) is 11.9. The number of hydrogen-bond donors (Lipinski definition) is 1. The first kappa shape index (κ1) is 25.2. The predicted molar refractivity (Wildman–Crippen MR) is 139 cm³/mol. The fourth-order valence-corrected chi connectivity index (χ4v) is 4.49. The molecule has 0 spiro atoms. The predicted octanol–water partition coefficient (Wildman–Crippen LogP) is 4.17. The van der Waals surface area contributed by atoms with E-state index >= 15 is 0 Å². The van der Waals surface area contributed by atoms with Gasteiger partial charge in [0, 0.05) is 36.8 Å². The van der Waals surface area contributed by atoms with Gasteiger partial charge in [-0.3, -0.25) is 14.7 Å². The van der Waals surface area contributed by atoms with Crippen LogP contribution in [0.4, 0.5) is 5.69 Å². The molecule has 0 bridgehead atoms. The van der Waals surface area contributed by atoms with Crippen LogP contribution in [0.15, 0.2) is 41.4 Å². The molecule has 0 aromatic heterocycles. The molecule has 1 N–H and O–H groups in total. The molecule has 2 aliphatic heterocycles. The highest BCUT2D eigenvalue weighted by molar-refractivity contribution is 6.20. The smallest absolute Gasteiger partial charge is 0.249 e. The van der Waals surface area contributed by atoms with E-state index in [1.165, 1.54) is 5.56 Å². The molecule has 4 rings (SSSR count). The number of benzene rings is 2. The van der Waals surface area contributed by atoms with Crippen molar-refractivity contribution in [2.75, 3.05) is 51.4 Å². The first-order valence-corrected chi connectivity index (χ1v) is 12.7. The summed E-state index contributed by atoms with van der Waals surface area (Å²) in [5.41, 5.74) is 4.59. The number of carbonyl (C=O) groups excluding carboxylic acids is 1. The Balaban J connectivity index is 1.67. The van der Waals surface area contributed by atoms with Gasteiger partial charge in [-0.1, -0.05) is 38.1 Å². The Bertz CT molecular complexity index is 1040. The number of fused-ring (bicyclic) bond motifs is 1. The number of nitrogens with zero attached hydrogens (tertiary/aromatic N) is 2. The van der Waals surface area contributed by atoms with Crippen LogP contribution in [0.1, 0.15) is 44.4 Å². The van der Waals surface area contributed by atoms with Crippen molar-refractivity contribution in [3.05, 3.63) is 53.1 Å². The van der Waals surface area contributed by atoms with Crippen LogP contribution in [-0.2, 0) is 16.0 Å². The van der Waals surface area contributed by atoms with Crippen molar-refractivity contribution >= 4 is 17.3 Å². The van der Waals surface area contributed by atoms with Crippen LogP contribution < -0.4 is 14.8 Å². The number of rotatable bonds is 9. The number of hydrogen-bond acceptors (Lipinski definition) is 6. The summed E-state index contributed by atoms with van der Waals surface area (Å²) in [7, 11) is 0. The highest BCUT2D eigenvalue weighted by Crippen LogP contribution is 2.37.